The lowest BCUT2D eigenvalue weighted by Crippen LogP contribution is -2.39. The van der Waals surface area contributed by atoms with Crippen LogP contribution in [-0.4, -0.2) is 47.3 Å². The van der Waals surface area contributed by atoms with Gasteiger partial charge in [-0.05, 0) is 12.1 Å². The molecule has 0 aliphatic carbocycles. The van der Waals surface area contributed by atoms with E-state index in [1.54, 1.807) is 12.1 Å². The summed E-state index contributed by atoms with van der Waals surface area (Å²) in [7, 11) is 0. The summed E-state index contributed by atoms with van der Waals surface area (Å²) in [6.07, 6.45) is 1.49. The zero-order valence-electron chi connectivity index (χ0n) is 11.1. The molecule has 0 N–H and O–H groups in total. The lowest BCUT2D eigenvalue weighted by atomic mass is 10.2. The van der Waals surface area contributed by atoms with Gasteiger partial charge in [-0.1, -0.05) is 6.07 Å². The number of hydrogen-bond acceptors (Lipinski definition) is 4. The maximum atomic E-state index is 13.7. The molecule has 0 unspecified atom stereocenters. The number of hydrogen-bond donors (Lipinski definition) is 0. The minimum Gasteiger partial charge on any atom is -0.379 e. The maximum Gasteiger partial charge on any atom is 0.264 e. The van der Waals surface area contributed by atoms with Crippen LogP contribution in [0.4, 0.5) is 4.39 Å². The summed E-state index contributed by atoms with van der Waals surface area (Å²) >= 11 is 0. The van der Waals surface area contributed by atoms with Gasteiger partial charge in [0.05, 0.1) is 25.1 Å². The zero-order chi connectivity index (χ0) is 13.9. The van der Waals surface area contributed by atoms with Crippen molar-refractivity contribution >= 4 is 10.9 Å². The summed E-state index contributed by atoms with van der Waals surface area (Å²) in [6, 6.07) is 4.49. The molecule has 3 rings (SSSR count). The van der Waals surface area contributed by atoms with Crippen LogP contribution in [0.3, 0.4) is 0 Å². The Labute approximate surface area is 115 Å². The summed E-state index contributed by atoms with van der Waals surface area (Å²) in [5.74, 6) is -0.513. The molecule has 5 nitrogen and oxygen atoms in total. The van der Waals surface area contributed by atoms with Crippen LogP contribution in [0.25, 0.3) is 10.9 Å². The SMILES string of the molecule is O=c1c2c(F)cccc2ncn1CCN1CCOCC1. The largest absolute Gasteiger partial charge is 0.379 e. The van der Waals surface area contributed by atoms with E-state index >= 15 is 0 Å². The Balaban J connectivity index is 1.83. The first-order valence-electron chi connectivity index (χ1n) is 6.69. The lowest BCUT2D eigenvalue weighted by molar-refractivity contribution is 0.0362. The van der Waals surface area contributed by atoms with Gasteiger partial charge in [0.15, 0.2) is 0 Å². The number of nitrogens with zero attached hydrogens (tertiary/aromatic N) is 3. The summed E-state index contributed by atoms with van der Waals surface area (Å²) in [5, 5.41) is 0.0666. The quantitative estimate of drug-likeness (QED) is 0.835. The second kappa shape index (κ2) is 5.68. The molecule has 0 amide bonds. The number of morpholine rings is 1. The fourth-order valence-electron chi connectivity index (χ4n) is 2.39. The van der Waals surface area contributed by atoms with Crippen LogP contribution in [0.5, 0.6) is 0 Å². The Bertz CT molecular complexity index is 665. The van der Waals surface area contributed by atoms with E-state index in [1.807, 2.05) is 0 Å². The molecule has 1 saturated heterocycles. The molecule has 106 valence electrons. The molecule has 2 heterocycles. The average molecular weight is 277 g/mol. The van der Waals surface area contributed by atoms with Crippen LogP contribution in [0.2, 0.25) is 0 Å². The Morgan fingerprint density at radius 3 is 2.85 bits per heavy atom. The van der Waals surface area contributed by atoms with E-state index < -0.39 is 5.82 Å². The van der Waals surface area contributed by atoms with Crippen molar-refractivity contribution in [1.29, 1.82) is 0 Å². The van der Waals surface area contributed by atoms with Crippen LogP contribution < -0.4 is 5.56 Å². The molecule has 0 atom stereocenters. The number of fused-ring (bicyclic) bond motifs is 1. The van der Waals surface area contributed by atoms with Crippen molar-refractivity contribution in [2.75, 3.05) is 32.8 Å². The van der Waals surface area contributed by atoms with Crippen LogP contribution in [-0.2, 0) is 11.3 Å². The molecule has 0 bridgehead atoms. The Kier molecular flexibility index (Phi) is 3.75. The fraction of sp³-hybridized carbons (Fsp3) is 0.429. The van der Waals surface area contributed by atoms with E-state index in [2.05, 4.69) is 9.88 Å². The van der Waals surface area contributed by atoms with Crippen molar-refractivity contribution in [3.63, 3.8) is 0 Å². The Morgan fingerprint density at radius 1 is 1.25 bits per heavy atom. The second-order valence-corrected chi connectivity index (χ2v) is 4.83. The topological polar surface area (TPSA) is 47.4 Å². The molecular weight excluding hydrogens is 261 g/mol. The number of aromatic nitrogens is 2. The van der Waals surface area contributed by atoms with Gasteiger partial charge < -0.3 is 4.74 Å². The van der Waals surface area contributed by atoms with Crippen LogP contribution in [0.1, 0.15) is 0 Å². The van der Waals surface area contributed by atoms with E-state index in [0.717, 1.165) is 32.8 Å². The van der Waals surface area contributed by atoms with E-state index in [-0.39, 0.29) is 10.9 Å². The van der Waals surface area contributed by atoms with E-state index in [4.69, 9.17) is 4.74 Å². The average Bonchev–Trinajstić information content (AvgIpc) is 2.48. The highest BCUT2D eigenvalue weighted by atomic mass is 19.1. The van der Waals surface area contributed by atoms with Crippen molar-refractivity contribution in [3.8, 4) is 0 Å². The van der Waals surface area contributed by atoms with Crippen LogP contribution >= 0.6 is 0 Å². The summed E-state index contributed by atoms with van der Waals surface area (Å²) < 4.78 is 20.5. The molecule has 1 fully saturated rings. The maximum absolute atomic E-state index is 13.7. The number of ether oxygens (including phenoxy) is 1. The molecule has 1 aromatic carbocycles. The Hall–Kier alpha value is -1.79. The van der Waals surface area contributed by atoms with Gasteiger partial charge in [-0.25, -0.2) is 9.37 Å². The van der Waals surface area contributed by atoms with Crippen molar-refractivity contribution in [2.24, 2.45) is 0 Å². The fourth-order valence-corrected chi connectivity index (χ4v) is 2.39. The molecule has 6 heteroatoms. The molecule has 1 aromatic heterocycles. The van der Waals surface area contributed by atoms with Gasteiger partial charge in [-0.2, -0.15) is 0 Å². The predicted molar refractivity (Wildman–Crippen MR) is 73.2 cm³/mol. The summed E-state index contributed by atoms with van der Waals surface area (Å²) in [4.78, 5) is 18.6. The van der Waals surface area contributed by atoms with Gasteiger partial charge >= 0.3 is 0 Å². The second-order valence-electron chi connectivity index (χ2n) is 4.83. The summed E-state index contributed by atoms with van der Waals surface area (Å²) in [6.45, 7) is 4.42. The smallest absolute Gasteiger partial charge is 0.264 e. The third-order valence-corrected chi connectivity index (χ3v) is 3.56. The minimum absolute atomic E-state index is 0.0666. The molecule has 0 spiro atoms. The van der Waals surface area contributed by atoms with Gasteiger partial charge in [0.2, 0.25) is 0 Å². The third-order valence-electron chi connectivity index (χ3n) is 3.56. The molecule has 0 saturated carbocycles. The van der Waals surface area contributed by atoms with Gasteiger partial charge in [-0.15, -0.1) is 0 Å². The van der Waals surface area contributed by atoms with Gasteiger partial charge in [0.25, 0.3) is 5.56 Å². The molecule has 0 radical (unpaired) electrons. The van der Waals surface area contributed by atoms with E-state index in [1.165, 1.54) is 17.0 Å². The van der Waals surface area contributed by atoms with Gasteiger partial charge in [0, 0.05) is 26.2 Å². The number of benzene rings is 1. The standard InChI is InChI=1S/C14H16FN3O2/c15-11-2-1-3-12-13(11)14(19)18(10-16-12)5-4-17-6-8-20-9-7-17/h1-3,10H,4-9H2. The molecule has 1 aliphatic rings. The highest BCUT2D eigenvalue weighted by molar-refractivity contribution is 5.77. The predicted octanol–water partition coefficient (Wildman–Crippen LogP) is 0.868. The van der Waals surface area contributed by atoms with Gasteiger partial charge in [-0.3, -0.25) is 14.3 Å². The highest BCUT2D eigenvalue weighted by Gasteiger charge is 2.12. The first kappa shape index (κ1) is 13.2. The van der Waals surface area contributed by atoms with Gasteiger partial charge in [0.1, 0.15) is 11.2 Å². The lowest BCUT2D eigenvalue weighted by Gasteiger charge is -2.26. The normalized spacial score (nSPS) is 16.6. The van der Waals surface area contributed by atoms with Crippen molar-refractivity contribution in [1.82, 2.24) is 14.5 Å². The molecule has 20 heavy (non-hydrogen) atoms. The molecule has 1 aliphatic heterocycles. The van der Waals surface area contributed by atoms with Crippen molar-refractivity contribution < 1.29 is 9.13 Å². The third kappa shape index (κ3) is 2.57. The molecular formula is C14H16FN3O2. The molecule has 2 aromatic rings. The van der Waals surface area contributed by atoms with E-state index in [0.29, 0.717) is 12.1 Å². The number of halogens is 1. The van der Waals surface area contributed by atoms with Crippen molar-refractivity contribution in [2.45, 2.75) is 6.54 Å². The van der Waals surface area contributed by atoms with Crippen LogP contribution in [0.15, 0.2) is 29.3 Å². The monoisotopic (exact) mass is 277 g/mol. The minimum atomic E-state index is -0.513. The first-order chi connectivity index (χ1) is 9.75. The highest BCUT2D eigenvalue weighted by Crippen LogP contribution is 2.10. The number of rotatable bonds is 3. The zero-order valence-corrected chi connectivity index (χ0v) is 11.1. The van der Waals surface area contributed by atoms with Crippen LogP contribution in [0, 0.1) is 5.82 Å². The Morgan fingerprint density at radius 2 is 2.05 bits per heavy atom. The first-order valence-corrected chi connectivity index (χ1v) is 6.69. The van der Waals surface area contributed by atoms with Crippen molar-refractivity contribution in [3.05, 3.63) is 40.7 Å². The van der Waals surface area contributed by atoms with E-state index in [9.17, 15) is 9.18 Å². The summed E-state index contributed by atoms with van der Waals surface area (Å²) in [5.41, 5.74) is 0.0824.